The summed E-state index contributed by atoms with van der Waals surface area (Å²) < 4.78 is 5.20. The summed E-state index contributed by atoms with van der Waals surface area (Å²) >= 11 is 6.25. The van der Waals surface area contributed by atoms with Gasteiger partial charge in [0, 0.05) is 23.6 Å². The predicted octanol–water partition coefficient (Wildman–Crippen LogP) is 3.97. The van der Waals surface area contributed by atoms with Gasteiger partial charge in [-0.2, -0.15) is 4.80 Å². The number of phenols is 2. The predicted molar refractivity (Wildman–Crippen MR) is 115 cm³/mol. The van der Waals surface area contributed by atoms with Crippen molar-refractivity contribution in [3.8, 4) is 22.9 Å². The number of aromatic nitrogens is 3. The Hall–Kier alpha value is -3.78. The number of nitrogens with zero attached hydrogens (tertiary/aromatic N) is 3. The lowest BCUT2D eigenvalue weighted by Crippen LogP contribution is -2.23. The molecular weight excluding hydrogens is 420 g/mol. The Morgan fingerprint density at radius 2 is 1.94 bits per heavy atom. The molecular formula is C22H17ClN4O4. The number of anilines is 1. The number of carbonyl (C=O) groups is 1. The largest absolute Gasteiger partial charge is 0.504 e. The molecule has 0 saturated carbocycles. The number of ether oxygens (including phenoxy) is 1. The average Bonchev–Trinajstić information content (AvgIpc) is 3.19. The monoisotopic (exact) mass is 436 g/mol. The van der Waals surface area contributed by atoms with Gasteiger partial charge in [-0.25, -0.2) is 0 Å². The van der Waals surface area contributed by atoms with Crippen LogP contribution >= 0.6 is 11.6 Å². The van der Waals surface area contributed by atoms with Crippen molar-refractivity contribution >= 4 is 34.2 Å². The molecule has 9 heteroatoms. The summed E-state index contributed by atoms with van der Waals surface area (Å²) in [5.74, 6) is -0.407. The number of rotatable bonds is 3. The first kappa shape index (κ1) is 19.2. The third kappa shape index (κ3) is 3.21. The van der Waals surface area contributed by atoms with Crippen LogP contribution in [0, 0.1) is 0 Å². The zero-order valence-corrected chi connectivity index (χ0v) is 17.1. The van der Waals surface area contributed by atoms with Crippen LogP contribution in [0.3, 0.4) is 0 Å². The number of halogens is 1. The zero-order chi connectivity index (χ0) is 21.7. The van der Waals surface area contributed by atoms with Crippen LogP contribution in [-0.4, -0.2) is 38.2 Å². The van der Waals surface area contributed by atoms with Crippen molar-refractivity contribution in [2.75, 3.05) is 12.4 Å². The van der Waals surface area contributed by atoms with Crippen LogP contribution in [0.25, 0.3) is 16.7 Å². The minimum Gasteiger partial charge on any atom is -0.504 e. The number of methoxy groups -OCH3 is 1. The smallest absolute Gasteiger partial charge is 0.225 e. The number of aromatic hydroxyl groups is 2. The lowest BCUT2D eigenvalue weighted by molar-refractivity contribution is -0.116. The maximum absolute atomic E-state index is 12.3. The van der Waals surface area contributed by atoms with Crippen LogP contribution in [-0.2, 0) is 4.79 Å². The van der Waals surface area contributed by atoms with E-state index in [1.54, 1.807) is 43.5 Å². The molecule has 0 aliphatic carbocycles. The minimum absolute atomic E-state index is 0.140. The Kier molecular flexibility index (Phi) is 4.44. The van der Waals surface area contributed by atoms with Crippen molar-refractivity contribution in [2.24, 2.45) is 0 Å². The van der Waals surface area contributed by atoms with E-state index in [9.17, 15) is 15.0 Å². The van der Waals surface area contributed by atoms with Crippen molar-refractivity contribution in [3.05, 3.63) is 64.7 Å². The summed E-state index contributed by atoms with van der Waals surface area (Å²) in [6.45, 7) is 0. The van der Waals surface area contributed by atoms with Gasteiger partial charge in [0.2, 0.25) is 5.91 Å². The minimum atomic E-state index is -0.358. The van der Waals surface area contributed by atoms with Gasteiger partial charge in [-0.3, -0.25) is 4.79 Å². The summed E-state index contributed by atoms with van der Waals surface area (Å²) in [7, 11) is 1.54. The Morgan fingerprint density at radius 3 is 2.68 bits per heavy atom. The lowest BCUT2D eigenvalue weighted by Gasteiger charge is -2.26. The second-order valence-electron chi connectivity index (χ2n) is 7.26. The average molecular weight is 437 g/mol. The van der Waals surface area contributed by atoms with Gasteiger partial charge in [0.25, 0.3) is 0 Å². The highest BCUT2D eigenvalue weighted by molar-refractivity contribution is 6.32. The van der Waals surface area contributed by atoms with E-state index in [1.165, 1.54) is 16.9 Å². The van der Waals surface area contributed by atoms with E-state index in [2.05, 4.69) is 15.5 Å². The molecule has 31 heavy (non-hydrogen) atoms. The Balaban J connectivity index is 1.68. The Morgan fingerprint density at radius 1 is 1.10 bits per heavy atom. The molecule has 156 valence electrons. The third-order valence-electron chi connectivity index (χ3n) is 5.37. The molecule has 1 amide bonds. The topological polar surface area (TPSA) is 110 Å². The number of carbonyl (C=O) groups excluding carboxylic acids is 1. The van der Waals surface area contributed by atoms with Gasteiger partial charge in [-0.15, -0.1) is 10.2 Å². The fraction of sp³-hybridized carbons (Fsp3) is 0.136. The molecule has 3 aromatic carbocycles. The first-order valence-electron chi connectivity index (χ1n) is 9.50. The molecule has 8 nitrogen and oxygen atoms in total. The van der Waals surface area contributed by atoms with E-state index in [1.807, 2.05) is 0 Å². The SMILES string of the molecule is COc1ccc(-n2nc3ccc4c(c3n2)C(c2ccc(O)c(O)c2)CC(=O)N4)cc1Cl. The summed E-state index contributed by atoms with van der Waals surface area (Å²) in [6, 6.07) is 13.4. The quantitative estimate of drug-likeness (QED) is 0.419. The molecule has 1 aliphatic rings. The molecule has 5 rings (SSSR count). The van der Waals surface area contributed by atoms with Crippen molar-refractivity contribution in [2.45, 2.75) is 12.3 Å². The molecule has 2 heterocycles. The molecule has 3 N–H and O–H groups in total. The standard InChI is InChI=1S/C22H17ClN4O4/c1-31-19-7-3-12(9-14(19)23)27-25-16-5-4-15-21(22(16)26-27)13(10-20(30)24-15)11-2-6-17(28)18(29)8-11/h2-9,13,28-29H,10H2,1H3,(H,24,30). The number of hydrogen-bond donors (Lipinski definition) is 3. The first-order chi connectivity index (χ1) is 14.9. The molecule has 1 atom stereocenters. The van der Waals surface area contributed by atoms with E-state index in [0.29, 0.717) is 38.7 Å². The maximum atomic E-state index is 12.3. The van der Waals surface area contributed by atoms with E-state index in [4.69, 9.17) is 16.3 Å². The van der Waals surface area contributed by atoms with E-state index < -0.39 is 0 Å². The molecule has 1 aromatic heterocycles. The maximum Gasteiger partial charge on any atom is 0.225 e. The van der Waals surface area contributed by atoms with Gasteiger partial charge >= 0.3 is 0 Å². The highest BCUT2D eigenvalue weighted by Gasteiger charge is 2.30. The van der Waals surface area contributed by atoms with Crippen molar-refractivity contribution < 1.29 is 19.7 Å². The molecule has 0 spiro atoms. The van der Waals surface area contributed by atoms with Gasteiger partial charge in [-0.05, 0) is 48.0 Å². The number of amides is 1. The highest BCUT2D eigenvalue weighted by Crippen LogP contribution is 2.42. The molecule has 4 aromatic rings. The van der Waals surface area contributed by atoms with Gasteiger partial charge in [0.1, 0.15) is 16.8 Å². The Bertz CT molecular complexity index is 1350. The van der Waals surface area contributed by atoms with Crippen molar-refractivity contribution in [3.63, 3.8) is 0 Å². The fourth-order valence-corrected chi connectivity index (χ4v) is 4.14. The summed E-state index contributed by atoms with van der Waals surface area (Å²) in [6.07, 6.45) is 0.178. The summed E-state index contributed by atoms with van der Waals surface area (Å²) in [5.41, 5.74) is 4.07. The third-order valence-corrected chi connectivity index (χ3v) is 5.67. The van der Waals surface area contributed by atoms with Crippen molar-refractivity contribution in [1.29, 1.82) is 0 Å². The molecule has 1 unspecified atom stereocenters. The fourth-order valence-electron chi connectivity index (χ4n) is 3.89. The van der Waals surface area contributed by atoms with Crippen LogP contribution in [0.2, 0.25) is 5.02 Å². The van der Waals surface area contributed by atoms with Crippen LogP contribution in [0.15, 0.2) is 48.5 Å². The number of hydrogen-bond acceptors (Lipinski definition) is 6. The molecule has 0 radical (unpaired) electrons. The second-order valence-corrected chi connectivity index (χ2v) is 7.66. The second kappa shape index (κ2) is 7.17. The van der Waals surface area contributed by atoms with Gasteiger partial charge in [0.05, 0.1) is 17.8 Å². The van der Waals surface area contributed by atoms with Crippen molar-refractivity contribution in [1.82, 2.24) is 15.0 Å². The summed E-state index contributed by atoms with van der Waals surface area (Å²) in [5, 5.41) is 32.2. The van der Waals surface area contributed by atoms with Gasteiger partial charge in [-0.1, -0.05) is 17.7 Å². The number of nitrogens with one attached hydrogen (secondary N) is 1. The molecule has 0 fully saturated rings. The van der Waals surface area contributed by atoms with Gasteiger partial charge in [0.15, 0.2) is 11.5 Å². The Labute approximate surface area is 181 Å². The highest BCUT2D eigenvalue weighted by atomic mass is 35.5. The first-order valence-corrected chi connectivity index (χ1v) is 9.88. The summed E-state index contributed by atoms with van der Waals surface area (Å²) in [4.78, 5) is 13.8. The number of phenolic OH excluding ortho intramolecular Hbond substituents is 2. The molecule has 0 bridgehead atoms. The van der Waals surface area contributed by atoms with Crippen LogP contribution in [0.1, 0.15) is 23.5 Å². The van der Waals surface area contributed by atoms with Crippen LogP contribution < -0.4 is 10.1 Å². The van der Waals surface area contributed by atoms with Crippen LogP contribution in [0.4, 0.5) is 5.69 Å². The van der Waals surface area contributed by atoms with E-state index in [0.717, 1.165) is 5.56 Å². The number of benzene rings is 3. The normalized spacial score (nSPS) is 15.5. The molecule has 0 saturated heterocycles. The van der Waals surface area contributed by atoms with Crippen LogP contribution in [0.5, 0.6) is 17.2 Å². The zero-order valence-electron chi connectivity index (χ0n) is 16.3. The lowest BCUT2D eigenvalue weighted by atomic mass is 9.84. The van der Waals surface area contributed by atoms with E-state index in [-0.39, 0.29) is 29.7 Å². The molecule has 1 aliphatic heterocycles. The van der Waals surface area contributed by atoms with E-state index >= 15 is 0 Å². The van der Waals surface area contributed by atoms with Gasteiger partial charge < -0.3 is 20.3 Å². The number of fused-ring (bicyclic) bond motifs is 3.